The summed E-state index contributed by atoms with van der Waals surface area (Å²) in [5.74, 6) is -0.305. The minimum Gasteiger partial charge on any atom is -0.411 e. The molecule has 0 amide bonds. The average molecular weight is 234 g/mol. The van der Waals surface area contributed by atoms with Crippen LogP contribution in [0.2, 0.25) is 0 Å². The van der Waals surface area contributed by atoms with Crippen LogP contribution in [0.15, 0.2) is 29.4 Å². The van der Waals surface area contributed by atoms with Gasteiger partial charge in [-0.2, -0.15) is 0 Å². The molecule has 1 aliphatic rings. The number of ether oxygens (including phenoxy) is 1. The maximum atomic E-state index is 11.4. The highest BCUT2D eigenvalue weighted by Gasteiger charge is 2.11. The molecule has 0 aromatic heterocycles. The fourth-order valence-electron chi connectivity index (χ4n) is 1.79. The van der Waals surface area contributed by atoms with Gasteiger partial charge in [-0.15, -0.1) is 0 Å². The number of carbonyl (C=O) groups excluding carboxylic acids is 1. The Morgan fingerprint density at radius 3 is 2.53 bits per heavy atom. The lowest BCUT2D eigenvalue weighted by molar-refractivity contribution is 0.106. The molecule has 1 fully saturated rings. The number of anilines is 1. The highest BCUT2D eigenvalue weighted by atomic mass is 16.5. The molecule has 1 aromatic carbocycles. The van der Waals surface area contributed by atoms with Crippen molar-refractivity contribution >= 4 is 17.7 Å². The van der Waals surface area contributed by atoms with Crippen LogP contribution in [-0.2, 0) is 4.74 Å². The van der Waals surface area contributed by atoms with Crippen LogP contribution in [0.25, 0.3) is 0 Å². The lowest BCUT2D eigenvalue weighted by Gasteiger charge is -2.28. The highest BCUT2D eigenvalue weighted by Crippen LogP contribution is 2.16. The summed E-state index contributed by atoms with van der Waals surface area (Å²) in [4.78, 5) is 13.6. The summed E-state index contributed by atoms with van der Waals surface area (Å²) in [5.41, 5.74) is 1.59. The van der Waals surface area contributed by atoms with Gasteiger partial charge in [-0.3, -0.25) is 4.79 Å². The molecule has 0 aliphatic carbocycles. The third kappa shape index (κ3) is 2.82. The first kappa shape index (κ1) is 11.6. The number of ketones is 1. The predicted octanol–water partition coefficient (Wildman–Crippen LogP) is 1.17. The van der Waals surface area contributed by atoms with E-state index in [1.165, 1.54) is 0 Å². The van der Waals surface area contributed by atoms with E-state index in [9.17, 15) is 4.79 Å². The second-order valence-corrected chi connectivity index (χ2v) is 3.76. The first-order chi connectivity index (χ1) is 8.31. The quantitative estimate of drug-likeness (QED) is 0.369. The van der Waals surface area contributed by atoms with Crippen LogP contribution in [0.5, 0.6) is 0 Å². The van der Waals surface area contributed by atoms with Crippen LogP contribution in [0.4, 0.5) is 5.69 Å². The van der Waals surface area contributed by atoms with Crippen molar-refractivity contribution in [2.75, 3.05) is 31.2 Å². The molecule has 1 aliphatic heterocycles. The zero-order valence-corrected chi connectivity index (χ0v) is 9.37. The van der Waals surface area contributed by atoms with E-state index in [0.717, 1.165) is 38.2 Å². The summed E-state index contributed by atoms with van der Waals surface area (Å²) >= 11 is 0. The van der Waals surface area contributed by atoms with Gasteiger partial charge in [-0.1, -0.05) is 5.16 Å². The number of benzene rings is 1. The minimum atomic E-state index is -0.305. The van der Waals surface area contributed by atoms with E-state index < -0.39 is 0 Å². The standard InChI is InChI=1S/C12H14N2O3/c15-12(9-13-16)10-1-3-11(4-2-10)14-5-7-17-8-6-14/h1-4,9,16H,5-8H2/b13-9+. The number of Topliss-reactive ketones (excluding diaryl/α,β-unsaturated/α-hetero) is 1. The smallest absolute Gasteiger partial charge is 0.207 e. The maximum absolute atomic E-state index is 11.4. The van der Waals surface area contributed by atoms with Gasteiger partial charge in [0.2, 0.25) is 5.78 Å². The molecule has 0 saturated carbocycles. The van der Waals surface area contributed by atoms with E-state index in [0.29, 0.717) is 5.56 Å². The molecule has 17 heavy (non-hydrogen) atoms. The number of nitrogens with zero attached hydrogens (tertiary/aromatic N) is 2. The van der Waals surface area contributed by atoms with Crippen molar-refractivity contribution in [3.8, 4) is 0 Å². The van der Waals surface area contributed by atoms with Gasteiger partial charge in [0, 0.05) is 24.3 Å². The van der Waals surface area contributed by atoms with Gasteiger partial charge in [0.15, 0.2) is 0 Å². The van der Waals surface area contributed by atoms with Gasteiger partial charge >= 0.3 is 0 Å². The summed E-state index contributed by atoms with van der Waals surface area (Å²) in [5, 5.41) is 11.0. The molecule has 1 aromatic rings. The summed E-state index contributed by atoms with van der Waals surface area (Å²) in [6.45, 7) is 3.20. The van der Waals surface area contributed by atoms with Crippen molar-refractivity contribution < 1.29 is 14.7 Å². The molecular formula is C12H14N2O3. The largest absolute Gasteiger partial charge is 0.411 e. The monoisotopic (exact) mass is 234 g/mol. The molecule has 90 valence electrons. The molecule has 0 bridgehead atoms. The first-order valence-corrected chi connectivity index (χ1v) is 5.46. The van der Waals surface area contributed by atoms with E-state index in [-0.39, 0.29) is 5.78 Å². The zero-order valence-electron chi connectivity index (χ0n) is 9.37. The van der Waals surface area contributed by atoms with Crippen LogP contribution in [0.3, 0.4) is 0 Å². The van der Waals surface area contributed by atoms with E-state index in [1.54, 1.807) is 12.1 Å². The minimum absolute atomic E-state index is 0.305. The van der Waals surface area contributed by atoms with E-state index in [1.807, 2.05) is 12.1 Å². The lowest BCUT2D eigenvalue weighted by Crippen LogP contribution is -2.36. The van der Waals surface area contributed by atoms with Gasteiger partial charge in [-0.25, -0.2) is 0 Å². The molecule has 0 spiro atoms. The fraction of sp³-hybridized carbons (Fsp3) is 0.333. The third-order valence-corrected chi connectivity index (χ3v) is 2.70. The topological polar surface area (TPSA) is 62.1 Å². The average Bonchev–Trinajstić information content (AvgIpc) is 2.40. The van der Waals surface area contributed by atoms with Crippen LogP contribution >= 0.6 is 0 Å². The molecule has 5 nitrogen and oxygen atoms in total. The number of hydrogen-bond donors (Lipinski definition) is 1. The molecule has 0 atom stereocenters. The normalized spacial score (nSPS) is 16.4. The Bertz CT molecular complexity index is 408. The third-order valence-electron chi connectivity index (χ3n) is 2.70. The van der Waals surface area contributed by atoms with Crippen LogP contribution in [0.1, 0.15) is 10.4 Å². The van der Waals surface area contributed by atoms with Crippen LogP contribution < -0.4 is 4.90 Å². The summed E-state index contributed by atoms with van der Waals surface area (Å²) in [6.07, 6.45) is 0.893. The van der Waals surface area contributed by atoms with E-state index in [2.05, 4.69) is 10.1 Å². The molecule has 1 N–H and O–H groups in total. The van der Waals surface area contributed by atoms with Crippen molar-refractivity contribution in [2.24, 2.45) is 5.16 Å². The number of hydrogen-bond acceptors (Lipinski definition) is 5. The summed E-state index contributed by atoms with van der Waals surface area (Å²) in [7, 11) is 0. The molecule has 1 heterocycles. The molecule has 5 heteroatoms. The Hall–Kier alpha value is -1.88. The van der Waals surface area contributed by atoms with Gasteiger partial charge in [0.05, 0.1) is 13.2 Å². The number of carbonyl (C=O) groups is 1. The highest BCUT2D eigenvalue weighted by molar-refractivity contribution is 6.35. The maximum Gasteiger partial charge on any atom is 0.207 e. The Balaban J connectivity index is 2.09. The Morgan fingerprint density at radius 1 is 1.29 bits per heavy atom. The number of morpholine rings is 1. The molecule has 0 unspecified atom stereocenters. The zero-order chi connectivity index (χ0) is 12.1. The Labute approximate surface area is 99.3 Å². The molecule has 2 rings (SSSR count). The van der Waals surface area contributed by atoms with Crippen molar-refractivity contribution in [1.82, 2.24) is 0 Å². The Morgan fingerprint density at radius 2 is 1.94 bits per heavy atom. The first-order valence-electron chi connectivity index (χ1n) is 5.46. The predicted molar refractivity (Wildman–Crippen MR) is 64.1 cm³/mol. The Kier molecular flexibility index (Phi) is 3.72. The second-order valence-electron chi connectivity index (χ2n) is 3.76. The number of rotatable bonds is 3. The SMILES string of the molecule is O=C(/C=N/O)c1ccc(N2CCOCC2)cc1. The number of oxime groups is 1. The van der Waals surface area contributed by atoms with Crippen molar-refractivity contribution in [3.63, 3.8) is 0 Å². The van der Waals surface area contributed by atoms with Crippen LogP contribution in [0, 0.1) is 0 Å². The van der Waals surface area contributed by atoms with Crippen LogP contribution in [-0.4, -0.2) is 43.5 Å². The van der Waals surface area contributed by atoms with Crippen molar-refractivity contribution in [3.05, 3.63) is 29.8 Å². The molecule has 0 radical (unpaired) electrons. The second kappa shape index (κ2) is 5.45. The van der Waals surface area contributed by atoms with Gasteiger partial charge in [0.25, 0.3) is 0 Å². The molecular weight excluding hydrogens is 220 g/mol. The molecule has 1 saturated heterocycles. The van der Waals surface area contributed by atoms with E-state index in [4.69, 9.17) is 9.94 Å². The van der Waals surface area contributed by atoms with Gasteiger partial charge < -0.3 is 14.8 Å². The van der Waals surface area contributed by atoms with Gasteiger partial charge in [0.1, 0.15) is 6.21 Å². The van der Waals surface area contributed by atoms with E-state index >= 15 is 0 Å². The summed E-state index contributed by atoms with van der Waals surface area (Å²) in [6, 6.07) is 7.25. The van der Waals surface area contributed by atoms with Gasteiger partial charge in [-0.05, 0) is 24.3 Å². The fourth-order valence-corrected chi connectivity index (χ4v) is 1.79. The lowest BCUT2D eigenvalue weighted by atomic mass is 10.1. The van der Waals surface area contributed by atoms with Crippen molar-refractivity contribution in [2.45, 2.75) is 0 Å². The van der Waals surface area contributed by atoms with Crippen molar-refractivity contribution in [1.29, 1.82) is 0 Å². The summed E-state index contributed by atoms with van der Waals surface area (Å²) < 4.78 is 5.27.